The van der Waals surface area contributed by atoms with E-state index < -0.39 is 0 Å². The number of hydrogen-bond acceptors (Lipinski definition) is 4. The van der Waals surface area contributed by atoms with Crippen LogP contribution >= 0.6 is 0 Å². The van der Waals surface area contributed by atoms with Gasteiger partial charge >= 0.3 is 0 Å². The summed E-state index contributed by atoms with van der Waals surface area (Å²) in [7, 11) is 1.70. The second kappa shape index (κ2) is 5.93. The highest BCUT2D eigenvalue weighted by molar-refractivity contribution is 5.73. The van der Waals surface area contributed by atoms with Crippen molar-refractivity contribution in [2.75, 3.05) is 13.7 Å². The number of aromatic hydroxyl groups is 1. The number of methoxy groups -OCH3 is 1. The van der Waals surface area contributed by atoms with Crippen LogP contribution < -0.4 is 0 Å². The van der Waals surface area contributed by atoms with Crippen LogP contribution in [0.3, 0.4) is 0 Å². The summed E-state index contributed by atoms with van der Waals surface area (Å²) < 4.78 is 7.15. The molecule has 0 saturated heterocycles. The van der Waals surface area contributed by atoms with E-state index in [2.05, 4.69) is 9.97 Å². The molecule has 0 radical (unpaired) electrons. The predicted octanol–water partition coefficient (Wildman–Crippen LogP) is 2.71. The van der Waals surface area contributed by atoms with Gasteiger partial charge in [0.2, 0.25) is 0 Å². The monoisotopic (exact) mass is 283 g/mol. The summed E-state index contributed by atoms with van der Waals surface area (Å²) in [6.07, 6.45) is 3.48. The minimum Gasteiger partial charge on any atom is -0.508 e. The molecular weight excluding hydrogens is 266 g/mol. The molecule has 0 bridgehead atoms. The number of pyridine rings is 1. The quantitative estimate of drug-likeness (QED) is 0.731. The summed E-state index contributed by atoms with van der Waals surface area (Å²) in [6, 6.07) is 10.9. The maximum Gasteiger partial charge on any atom is 0.164 e. The van der Waals surface area contributed by atoms with Crippen molar-refractivity contribution in [1.29, 1.82) is 0 Å². The molecule has 0 aliphatic rings. The molecule has 1 aromatic carbocycles. The molecule has 0 atom stereocenters. The molecule has 21 heavy (non-hydrogen) atoms. The van der Waals surface area contributed by atoms with Crippen LogP contribution in [0, 0.1) is 0 Å². The highest BCUT2D eigenvalue weighted by atomic mass is 16.5. The van der Waals surface area contributed by atoms with Gasteiger partial charge in [-0.05, 0) is 42.8 Å². The Labute approximate surface area is 122 Å². The van der Waals surface area contributed by atoms with Crippen molar-refractivity contribution < 1.29 is 9.84 Å². The molecule has 5 heteroatoms. The molecular formula is C16H17N3O2. The molecule has 2 aromatic heterocycles. The number of phenolic OH excluding ortho intramolecular Hbond substituents is 1. The fraction of sp³-hybridized carbons (Fsp3) is 0.250. The van der Waals surface area contributed by atoms with E-state index >= 15 is 0 Å². The van der Waals surface area contributed by atoms with E-state index in [0.29, 0.717) is 6.61 Å². The maximum absolute atomic E-state index is 9.45. The largest absolute Gasteiger partial charge is 0.508 e. The van der Waals surface area contributed by atoms with Crippen LogP contribution in [0.1, 0.15) is 12.2 Å². The van der Waals surface area contributed by atoms with Gasteiger partial charge in [0.1, 0.15) is 17.1 Å². The summed E-state index contributed by atoms with van der Waals surface area (Å²) in [5, 5.41) is 9.45. The second-order valence-electron chi connectivity index (χ2n) is 4.82. The topological polar surface area (TPSA) is 60.2 Å². The summed E-state index contributed by atoms with van der Waals surface area (Å²) in [5.74, 6) is 1.20. The third kappa shape index (κ3) is 2.73. The lowest BCUT2D eigenvalue weighted by molar-refractivity contribution is 0.194. The molecule has 5 nitrogen and oxygen atoms in total. The zero-order chi connectivity index (χ0) is 14.7. The van der Waals surface area contributed by atoms with E-state index in [1.54, 1.807) is 25.4 Å². The number of imidazole rings is 1. The number of aromatic nitrogens is 3. The summed E-state index contributed by atoms with van der Waals surface area (Å²) in [4.78, 5) is 9.10. The average molecular weight is 283 g/mol. The summed E-state index contributed by atoms with van der Waals surface area (Å²) in [5.41, 5.74) is 2.65. The van der Waals surface area contributed by atoms with Crippen molar-refractivity contribution in [2.45, 2.75) is 12.8 Å². The lowest BCUT2D eigenvalue weighted by Gasteiger charge is -2.08. The van der Waals surface area contributed by atoms with Crippen LogP contribution in [0.25, 0.3) is 16.9 Å². The zero-order valence-electron chi connectivity index (χ0n) is 11.9. The van der Waals surface area contributed by atoms with Gasteiger partial charge in [0, 0.05) is 32.0 Å². The van der Waals surface area contributed by atoms with Crippen molar-refractivity contribution in [3.63, 3.8) is 0 Å². The van der Waals surface area contributed by atoms with Crippen LogP contribution in [0.4, 0.5) is 0 Å². The number of aryl methyl sites for hydroxylation is 1. The van der Waals surface area contributed by atoms with E-state index in [-0.39, 0.29) is 5.75 Å². The number of nitrogens with zero attached hydrogens (tertiary/aromatic N) is 3. The van der Waals surface area contributed by atoms with E-state index in [1.807, 2.05) is 28.8 Å². The Balaban J connectivity index is 2.08. The molecule has 0 saturated carbocycles. The number of hydrogen-bond donors (Lipinski definition) is 1. The van der Waals surface area contributed by atoms with Gasteiger partial charge in [-0.3, -0.25) is 4.57 Å². The Morgan fingerprint density at radius 1 is 1.19 bits per heavy atom. The fourth-order valence-corrected chi connectivity index (χ4v) is 2.37. The van der Waals surface area contributed by atoms with Crippen LogP contribution in [-0.2, 0) is 11.2 Å². The molecule has 0 aliphatic carbocycles. The highest BCUT2D eigenvalue weighted by Gasteiger charge is 2.12. The van der Waals surface area contributed by atoms with Gasteiger partial charge in [0.25, 0.3) is 0 Å². The number of ether oxygens (including phenoxy) is 1. The van der Waals surface area contributed by atoms with Gasteiger partial charge in [0.15, 0.2) is 5.65 Å². The van der Waals surface area contributed by atoms with E-state index in [0.717, 1.165) is 35.5 Å². The molecule has 108 valence electrons. The van der Waals surface area contributed by atoms with Gasteiger partial charge < -0.3 is 9.84 Å². The van der Waals surface area contributed by atoms with Crippen molar-refractivity contribution in [2.24, 2.45) is 0 Å². The number of phenols is 1. The molecule has 0 spiro atoms. The standard InChI is InChI=1S/C16H17N3O2/c1-21-11-3-5-15-18-14-4-2-10-17-16(14)19(15)12-6-8-13(20)9-7-12/h2,4,6-10,20H,3,5,11H2,1H3. The lowest BCUT2D eigenvalue weighted by atomic mass is 10.2. The average Bonchev–Trinajstić information content (AvgIpc) is 2.87. The minimum absolute atomic E-state index is 0.247. The molecule has 0 aliphatic heterocycles. The molecule has 3 aromatic rings. The Hall–Kier alpha value is -2.40. The van der Waals surface area contributed by atoms with Gasteiger partial charge in [-0.15, -0.1) is 0 Å². The fourth-order valence-electron chi connectivity index (χ4n) is 2.37. The second-order valence-corrected chi connectivity index (χ2v) is 4.82. The number of fused-ring (bicyclic) bond motifs is 1. The molecule has 1 N–H and O–H groups in total. The maximum atomic E-state index is 9.45. The molecule has 0 unspecified atom stereocenters. The zero-order valence-corrected chi connectivity index (χ0v) is 11.9. The third-order valence-corrected chi connectivity index (χ3v) is 3.34. The van der Waals surface area contributed by atoms with Crippen molar-refractivity contribution in [1.82, 2.24) is 14.5 Å². The molecule has 2 heterocycles. The minimum atomic E-state index is 0.247. The van der Waals surface area contributed by atoms with Crippen molar-refractivity contribution in [3.8, 4) is 11.4 Å². The van der Waals surface area contributed by atoms with Crippen LogP contribution in [0.5, 0.6) is 5.75 Å². The van der Waals surface area contributed by atoms with Crippen LogP contribution in [0.2, 0.25) is 0 Å². The Morgan fingerprint density at radius 3 is 2.76 bits per heavy atom. The van der Waals surface area contributed by atoms with Gasteiger partial charge in [-0.2, -0.15) is 0 Å². The lowest BCUT2D eigenvalue weighted by Crippen LogP contribution is -2.03. The Kier molecular flexibility index (Phi) is 3.83. The van der Waals surface area contributed by atoms with Gasteiger partial charge in [-0.25, -0.2) is 9.97 Å². The highest BCUT2D eigenvalue weighted by Crippen LogP contribution is 2.22. The number of rotatable bonds is 5. The van der Waals surface area contributed by atoms with Gasteiger partial charge in [-0.1, -0.05) is 0 Å². The molecule has 0 amide bonds. The smallest absolute Gasteiger partial charge is 0.164 e. The Morgan fingerprint density at radius 2 is 2.00 bits per heavy atom. The van der Waals surface area contributed by atoms with Crippen LogP contribution in [0.15, 0.2) is 42.6 Å². The van der Waals surface area contributed by atoms with Crippen molar-refractivity contribution in [3.05, 3.63) is 48.4 Å². The normalized spacial score (nSPS) is 11.1. The first-order valence-corrected chi connectivity index (χ1v) is 6.90. The predicted molar refractivity (Wildman–Crippen MR) is 80.7 cm³/mol. The molecule has 3 rings (SSSR count). The van der Waals surface area contributed by atoms with Gasteiger partial charge in [0.05, 0.1) is 0 Å². The van der Waals surface area contributed by atoms with E-state index in [1.165, 1.54) is 0 Å². The first-order valence-electron chi connectivity index (χ1n) is 6.90. The number of benzene rings is 1. The van der Waals surface area contributed by atoms with Crippen LogP contribution in [-0.4, -0.2) is 33.4 Å². The SMILES string of the molecule is COCCCc1nc2cccnc2n1-c1ccc(O)cc1. The first kappa shape index (κ1) is 13.6. The summed E-state index contributed by atoms with van der Waals surface area (Å²) >= 11 is 0. The molecule has 0 fully saturated rings. The summed E-state index contributed by atoms with van der Waals surface area (Å²) in [6.45, 7) is 0.701. The van der Waals surface area contributed by atoms with E-state index in [9.17, 15) is 5.11 Å². The first-order chi connectivity index (χ1) is 10.3. The van der Waals surface area contributed by atoms with E-state index in [4.69, 9.17) is 4.74 Å². The third-order valence-electron chi connectivity index (χ3n) is 3.34. The Bertz CT molecular complexity index is 735. The van der Waals surface area contributed by atoms with Crippen molar-refractivity contribution >= 4 is 11.2 Å².